The Bertz CT molecular complexity index is 540. The van der Waals surface area contributed by atoms with Crippen molar-refractivity contribution in [3.63, 3.8) is 0 Å². The SMILES string of the molecule is COc1cc2onc(C)c2c(=O)n1N. The van der Waals surface area contributed by atoms with Gasteiger partial charge in [-0.1, -0.05) is 5.16 Å². The molecule has 2 N–H and O–H groups in total. The Morgan fingerprint density at radius 3 is 3.00 bits per heavy atom. The van der Waals surface area contributed by atoms with Gasteiger partial charge < -0.3 is 15.1 Å². The molecule has 0 fully saturated rings. The Balaban J connectivity index is 2.95. The number of ether oxygens (including phenoxy) is 1. The van der Waals surface area contributed by atoms with Crippen molar-refractivity contribution in [2.45, 2.75) is 6.92 Å². The number of pyridine rings is 1. The number of methoxy groups -OCH3 is 1. The monoisotopic (exact) mass is 195 g/mol. The van der Waals surface area contributed by atoms with E-state index in [2.05, 4.69) is 5.16 Å². The Morgan fingerprint density at radius 2 is 2.36 bits per heavy atom. The van der Waals surface area contributed by atoms with Gasteiger partial charge in [0, 0.05) is 6.07 Å². The highest BCUT2D eigenvalue weighted by atomic mass is 16.5. The standard InChI is InChI=1S/C8H9N3O3/c1-4-7-5(14-10-4)3-6(13-2)11(9)8(7)12/h3H,9H2,1-2H3. The zero-order valence-electron chi connectivity index (χ0n) is 7.77. The van der Waals surface area contributed by atoms with Crippen LogP contribution in [0.25, 0.3) is 11.0 Å². The number of nitrogen functional groups attached to an aromatic ring is 1. The van der Waals surface area contributed by atoms with Crippen LogP contribution in [-0.4, -0.2) is 16.9 Å². The van der Waals surface area contributed by atoms with Crippen LogP contribution in [0.1, 0.15) is 5.69 Å². The second-order valence-corrected chi connectivity index (χ2v) is 2.87. The molecule has 0 spiro atoms. The first-order valence-electron chi connectivity index (χ1n) is 3.96. The number of hydrogen-bond donors (Lipinski definition) is 1. The van der Waals surface area contributed by atoms with Crippen LogP contribution in [0.15, 0.2) is 15.4 Å². The van der Waals surface area contributed by atoms with Crippen LogP contribution >= 0.6 is 0 Å². The van der Waals surface area contributed by atoms with Crippen molar-refractivity contribution in [1.29, 1.82) is 0 Å². The van der Waals surface area contributed by atoms with E-state index in [0.29, 0.717) is 16.7 Å². The van der Waals surface area contributed by atoms with Gasteiger partial charge in [-0.15, -0.1) is 0 Å². The van der Waals surface area contributed by atoms with Crippen molar-refractivity contribution in [1.82, 2.24) is 9.83 Å². The Morgan fingerprint density at radius 1 is 1.64 bits per heavy atom. The predicted molar refractivity (Wildman–Crippen MR) is 49.7 cm³/mol. The molecule has 2 rings (SSSR count). The number of nitrogens with zero attached hydrogens (tertiary/aromatic N) is 2. The van der Waals surface area contributed by atoms with Crippen LogP contribution in [0.5, 0.6) is 5.88 Å². The van der Waals surface area contributed by atoms with E-state index in [4.69, 9.17) is 15.1 Å². The van der Waals surface area contributed by atoms with E-state index in [1.807, 2.05) is 0 Å². The molecule has 6 nitrogen and oxygen atoms in total. The number of fused-ring (bicyclic) bond motifs is 1. The van der Waals surface area contributed by atoms with Crippen molar-refractivity contribution >= 4 is 11.0 Å². The fourth-order valence-electron chi connectivity index (χ4n) is 1.31. The Labute approximate surface area is 78.8 Å². The van der Waals surface area contributed by atoms with Gasteiger partial charge in [-0.3, -0.25) is 4.79 Å². The van der Waals surface area contributed by atoms with Crippen LogP contribution in [0.3, 0.4) is 0 Å². The lowest BCUT2D eigenvalue weighted by molar-refractivity contribution is 0.379. The molecule has 6 heteroatoms. The molecule has 0 atom stereocenters. The van der Waals surface area contributed by atoms with Crippen LogP contribution < -0.4 is 16.1 Å². The molecule has 0 bridgehead atoms. The zero-order chi connectivity index (χ0) is 10.3. The number of aryl methyl sites for hydroxylation is 1. The molecule has 0 saturated heterocycles. The molecule has 0 aliphatic heterocycles. The van der Waals surface area contributed by atoms with Crippen molar-refractivity contribution in [2.24, 2.45) is 0 Å². The normalized spacial score (nSPS) is 10.7. The molecule has 0 unspecified atom stereocenters. The van der Waals surface area contributed by atoms with Gasteiger partial charge in [0.25, 0.3) is 5.56 Å². The first kappa shape index (κ1) is 8.61. The molecule has 0 aliphatic carbocycles. The van der Waals surface area contributed by atoms with Crippen LogP contribution in [0.4, 0.5) is 0 Å². The summed E-state index contributed by atoms with van der Waals surface area (Å²) in [6.07, 6.45) is 0. The Hall–Kier alpha value is -1.98. The van der Waals surface area contributed by atoms with E-state index in [1.54, 1.807) is 6.92 Å². The molecular formula is C8H9N3O3. The van der Waals surface area contributed by atoms with Gasteiger partial charge in [-0.25, -0.2) is 0 Å². The number of rotatable bonds is 1. The third-order valence-electron chi connectivity index (χ3n) is 2.02. The summed E-state index contributed by atoms with van der Waals surface area (Å²) in [6.45, 7) is 1.68. The summed E-state index contributed by atoms with van der Waals surface area (Å²) in [7, 11) is 1.42. The molecule has 74 valence electrons. The summed E-state index contributed by atoms with van der Waals surface area (Å²) in [4.78, 5) is 11.6. The maximum Gasteiger partial charge on any atom is 0.284 e. The van der Waals surface area contributed by atoms with Crippen molar-refractivity contribution < 1.29 is 9.26 Å². The summed E-state index contributed by atoms with van der Waals surface area (Å²) < 4.78 is 10.7. The minimum atomic E-state index is -0.377. The molecule has 0 aromatic carbocycles. The van der Waals surface area contributed by atoms with Gasteiger partial charge in [-0.2, -0.15) is 4.68 Å². The molecule has 0 radical (unpaired) electrons. The third-order valence-corrected chi connectivity index (χ3v) is 2.02. The van der Waals surface area contributed by atoms with Crippen molar-refractivity contribution in [3.05, 3.63) is 22.1 Å². The second-order valence-electron chi connectivity index (χ2n) is 2.87. The summed E-state index contributed by atoms with van der Waals surface area (Å²) in [5.41, 5.74) is 0.524. The van der Waals surface area contributed by atoms with Crippen molar-refractivity contribution in [2.75, 3.05) is 13.0 Å². The first-order chi connectivity index (χ1) is 6.65. The lowest BCUT2D eigenvalue weighted by Crippen LogP contribution is -2.28. The summed E-state index contributed by atoms with van der Waals surface area (Å²) in [6, 6.07) is 1.52. The lowest BCUT2D eigenvalue weighted by Gasteiger charge is -2.04. The number of nitrogens with two attached hydrogens (primary N) is 1. The van der Waals surface area contributed by atoms with Crippen LogP contribution in [0.2, 0.25) is 0 Å². The molecule has 2 heterocycles. The van der Waals surface area contributed by atoms with Gasteiger partial charge in [0.05, 0.1) is 12.8 Å². The van der Waals surface area contributed by atoms with Crippen molar-refractivity contribution in [3.8, 4) is 5.88 Å². The van der Waals surface area contributed by atoms with E-state index in [1.165, 1.54) is 13.2 Å². The fraction of sp³-hybridized carbons (Fsp3) is 0.250. The summed E-state index contributed by atoms with van der Waals surface area (Å²) in [5, 5.41) is 4.06. The van der Waals surface area contributed by atoms with Gasteiger partial charge in [0.15, 0.2) is 5.58 Å². The minimum Gasteiger partial charge on any atom is -0.481 e. The van der Waals surface area contributed by atoms with Gasteiger partial charge >= 0.3 is 0 Å². The quantitative estimate of drug-likeness (QED) is 0.648. The zero-order valence-corrected chi connectivity index (χ0v) is 7.77. The third kappa shape index (κ3) is 0.968. The average Bonchev–Trinajstić information content (AvgIpc) is 2.54. The summed E-state index contributed by atoms with van der Waals surface area (Å²) in [5.74, 6) is 5.73. The van der Waals surface area contributed by atoms with E-state index in [-0.39, 0.29) is 11.4 Å². The first-order valence-corrected chi connectivity index (χ1v) is 3.96. The molecule has 0 saturated carbocycles. The highest BCUT2D eigenvalue weighted by molar-refractivity contribution is 5.79. The van der Waals surface area contributed by atoms with E-state index >= 15 is 0 Å². The Kier molecular flexibility index (Phi) is 1.70. The van der Waals surface area contributed by atoms with E-state index in [0.717, 1.165) is 4.68 Å². The predicted octanol–water partition coefficient (Wildman–Crippen LogP) is 0.0203. The van der Waals surface area contributed by atoms with Gasteiger partial charge in [-0.05, 0) is 6.92 Å². The van der Waals surface area contributed by atoms with Gasteiger partial charge in [0.1, 0.15) is 5.39 Å². The molecule has 14 heavy (non-hydrogen) atoms. The van der Waals surface area contributed by atoms with E-state index < -0.39 is 0 Å². The summed E-state index contributed by atoms with van der Waals surface area (Å²) >= 11 is 0. The lowest BCUT2D eigenvalue weighted by atomic mass is 10.3. The number of aromatic nitrogens is 2. The number of hydrogen-bond acceptors (Lipinski definition) is 5. The molecular weight excluding hydrogens is 186 g/mol. The highest BCUT2D eigenvalue weighted by Crippen LogP contribution is 2.17. The molecule has 2 aromatic rings. The maximum atomic E-state index is 11.6. The highest BCUT2D eigenvalue weighted by Gasteiger charge is 2.13. The minimum absolute atomic E-state index is 0.235. The maximum absolute atomic E-state index is 11.6. The topological polar surface area (TPSA) is 83.3 Å². The average molecular weight is 195 g/mol. The molecule has 2 aromatic heterocycles. The molecule has 0 amide bonds. The van der Waals surface area contributed by atoms with E-state index in [9.17, 15) is 4.79 Å². The smallest absolute Gasteiger partial charge is 0.284 e. The van der Waals surface area contributed by atoms with Gasteiger partial charge in [0.2, 0.25) is 5.88 Å². The molecule has 0 aliphatic rings. The fourth-order valence-corrected chi connectivity index (χ4v) is 1.31. The van der Waals surface area contributed by atoms with Crippen LogP contribution in [0, 0.1) is 6.92 Å². The second kappa shape index (κ2) is 2.76. The van der Waals surface area contributed by atoms with Crippen LogP contribution in [-0.2, 0) is 0 Å². The largest absolute Gasteiger partial charge is 0.481 e.